The third-order valence-electron chi connectivity index (χ3n) is 7.46. The highest BCUT2D eigenvalue weighted by Gasteiger charge is 2.44. The number of nitrogens with zero attached hydrogens (tertiary/aromatic N) is 2. The summed E-state index contributed by atoms with van der Waals surface area (Å²) >= 11 is 0. The predicted octanol–water partition coefficient (Wildman–Crippen LogP) is 6.62. The highest BCUT2D eigenvalue weighted by Crippen LogP contribution is 2.29. The molecule has 2 aliphatic heterocycles. The fourth-order valence-electron chi connectivity index (χ4n) is 5.34. The summed E-state index contributed by atoms with van der Waals surface area (Å²) in [5.41, 5.74) is 0.624. The fourth-order valence-corrected chi connectivity index (χ4v) is 5.34. The van der Waals surface area contributed by atoms with Crippen LogP contribution in [0.5, 0.6) is 0 Å². The van der Waals surface area contributed by atoms with E-state index in [9.17, 15) is 19.2 Å². The number of amides is 2. The molecule has 11 heteroatoms. The highest BCUT2D eigenvalue weighted by atomic mass is 16.6. The van der Waals surface area contributed by atoms with Gasteiger partial charge in [-0.15, -0.1) is 0 Å². The molecule has 258 valence electrons. The van der Waals surface area contributed by atoms with Crippen molar-refractivity contribution < 1.29 is 42.9 Å². The van der Waals surface area contributed by atoms with Crippen LogP contribution in [0.15, 0.2) is 60.7 Å². The van der Waals surface area contributed by atoms with Crippen molar-refractivity contribution in [3.05, 3.63) is 71.8 Å². The summed E-state index contributed by atoms with van der Waals surface area (Å²) in [4.78, 5) is 52.5. The molecule has 2 aromatic carbocycles. The Morgan fingerprint density at radius 1 is 0.638 bits per heavy atom. The number of benzene rings is 2. The number of carbonyl (C=O) groups excluding carboxylic acids is 4. The monoisotopic (exact) mass is 654 g/mol. The van der Waals surface area contributed by atoms with Crippen LogP contribution in [0.3, 0.4) is 0 Å². The molecular formula is C36H50N2O9. The van der Waals surface area contributed by atoms with Gasteiger partial charge < -0.3 is 23.7 Å². The summed E-state index contributed by atoms with van der Waals surface area (Å²) in [6, 6.07) is 17.6. The maximum atomic E-state index is 12.5. The lowest BCUT2D eigenvalue weighted by atomic mass is 10.1. The van der Waals surface area contributed by atoms with Crippen molar-refractivity contribution in [1.82, 2.24) is 9.80 Å². The standard InChI is InChI=1S/C18H25NO5.C18H25NO4/c1-18(2,3)24-16(20)14-10-11-15(22-4)19(14)17(21)23-12-13-8-6-5-7-9-13;1-13-10-11-15(16(20)23-18(2,3)4)19(13)17(21)22-12-14-8-6-5-7-9-14/h5-9,14-15H,10-12H2,1-4H3;5-9,13,15H,10-12H2,1-4H3/t14-,15?;13-,15+/m01/s1. The maximum absolute atomic E-state index is 12.5. The third kappa shape index (κ3) is 11.6. The van der Waals surface area contributed by atoms with Crippen LogP contribution in [0.1, 0.15) is 85.3 Å². The van der Waals surface area contributed by atoms with E-state index in [-0.39, 0.29) is 25.2 Å². The molecule has 47 heavy (non-hydrogen) atoms. The Morgan fingerprint density at radius 3 is 1.47 bits per heavy atom. The average molecular weight is 655 g/mol. The molecule has 0 aromatic heterocycles. The number of methoxy groups -OCH3 is 1. The first kappa shape index (κ1) is 37.3. The smallest absolute Gasteiger partial charge is 0.412 e. The molecule has 2 heterocycles. The Hall–Kier alpha value is -4.12. The van der Waals surface area contributed by atoms with Gasteiger partial charge in [0.1, 0.15) is 42.7 Å². The molecule has 11 nitrogen and oxygen atoms in total. The fraction of sp³-hybridized carbons (Fsp3) is 0.556. The van der Waals surface area contributed by atoms with Crippen LogP contribution < -0.4 is 0 Å². The number of carbonyl (C=O) groups is 4. The van der Waals surface area contributed by atoms with Crippen LogP contribution in [-0.2, 0) is 46.5 Å². The van der Waals surface area contributed by atoms with Gasteiger partial charge in [-0.1, -0.05) is 60.7 Å². The summed E-state index contributed by atoms with van der Waals surface area (Å²) in [5, 5.41) is 0. The summed E-state index contributed by atoms with van der Waals surface area (Å²) < 4.78 is 26.9. The van der Waals surface area contributed by atoms with E-state index in [0.717, 1.165) is 17.5 Å². The van der Waals surface area contributed by atoms with Crippen molar-refractivity contribution in [1.29, 1.82) is 0 Å². The SMILES string of the molecule is COC1CC[C@@H](C(=O)OC(C)(C)C)N1C(=O)OCc1ccccc1.C[C@@H]1CC[C@@H](C(=O)OC(C)(C)C)N1C(=O)OCc1ccccc1. The van der Waals surface area contributed by atoms with Crippen LogP contribution in [0, 0.1) is 0 Å². The number of ether oxygens (including phenoxy) is 5. The van der Waals surface area contributed by atoms with Crippen molar-refractivity contribution in [3.8, 4) is 0 Å². The maximum Gasteiger partial charge on any atom is 0.412 e. The molecule has 1 unspecified atom stereocenters. The van der Waals surface area contributed by atoms with Gasteiger partial charge in [0.2, 0.25) is 0 Å². The zero-order chi connectivity index (χ0) is 34.8. The van der Waals surface area contributed by atoms with Crippen molar-refractivity contribution in [2.75, 3.05) is 7.11 Å². The lowest BCUT2D eigenvalue weighted by Gasteiger charge is -2.29. The van der Waals surface area contributed by atoms with Crippen molar-refractivity contribution in [2.24, 2.45) is 0 Å². The minimum absolute atomic E-state index is 0.0317. The summed E-state index contributed by atoms with van der Waals surface area (Å²) in [6.07, 6.45) is 0.926. The Kier molecular flexibility index (Phi) is 13.2. The Labute approximate surface area is 278 Å². The molecule has 4 rings (SSSR count). The summed E-state index contributed by atoms with van der Waals surface area (Å²) in [7, 11) is 1.51. The largest absolute Gasteiger partial charge is 0.458 e. The van der Waals surface area contributed by atoms with Crippen molar-refractivity contribution >= 4 is 24.1 Å². The second-order valence-corrected chi connectivity index (χ2v) is 13.7. The van der Waals surface area contributed by atoms with Gasteiger partial charge in [0.05, 0.1) is 0 Å². The highest BCUT2D eigenvalue weighted by molar-refractivity contribution is 5.83. The van der Waals surface area contributed by atoms with Gasteiger partial charge in [-0.25, -0.2) is 19.2 Å². The van der Waals surface area contributed by atoms with Gasteiger partial charge in [-0.05, 0) is 85.3 Å². The Balaban J connectivity index is 0.000000256. The molecule has 0 radical (unpaired) electrons. The molecule has 0 N–H and O–H groups in total. The molecular weight excluding hydrogens is 604 g/mol. The molecule has 2 aliphatic rings. The number of hydrogen-bond acceptors (Lipinski definition) is 9. The third-order valence-corrected chi connectivity index (χ3v) is 7.46. The van der Waals surface area contributed by atoms with Crippen LogP contribution in [0.2, 0.25) is 0 Å². The quantitative estimate of drug-likeness (QED) is 0.240. The molecule has 0 aliphatic carbocycles. The number of esters is 2. The second-order valence-electron chi connectivity index (χ2n) is 13.7. The topological polar surface area (TPSA) is 121 Å². The summed E-state index contributed by atoms with van der Waals surface area (Å²) in [5.74, 6) is -0.794. The summed E-state index contributed by atoms with van der Waals surface area (Å²) in [6.45, 7) is 13.1. The van der Waals surface area contributed by atoms with Gasteiger partial charge in [0.15, 0.2) is 0 Å². The van der Waals surface area contributed by atoms with Crippen LogP contribution in [0.25, 0.3) is 0 Å². The van der Waals surface area contributed by atoms with E-state index in [4.69, 9.17) is 23.7 Å². The first-order valence-electron chi connectivity index (χ1n) is 16.1. The lowest BCUT2D eigenvalue weighted by molar-refractivity contribution is -0.162. The second kappa shape index (κ2) is 16.6. The van der Waals surface area contributed by atoms with E-state index in [1.165, 1.54) is 16.9 Å². The van der Waals surface area contributed by atoms with Gasteiger partial charge in [-0.2, -0.15) is 0 Å². The van der Waals surface area contributed by atoms with E-state index >= 15 is 0 Å². The number of likely N-dealkylation sites (tertiary alicyclic amines) is 2. The van der Waals surface area contributed by atoms with E-state index in [1.54, 1.807) is 20.8 Å². The van der Waals surface area contributed by atoms with E-state index in [1.807, 2.05) is 88.4 Å². The molecule has 0 spiro atoms. The normalized spacial score (nSPS) is 20.9. The molecule has 2 fully saturated rings. The first-order valence-corrected chi connectivity index (χ1v) is 16.1. The molecule has 0 bridgehead atoms. The molecule has 0 saturated carbocycles. The molecule has 2 amide bonds. The van der Waals surface area contributed by atoms with E-state index in [0.29, 0.717) is 19.3 Å². The van der Waals surface area contributed by atoms with Crippen LogP contribution in [0.4, 0.5) is 9.59 Å². The predicted molar refractivity (Wildman–Crippen MR) is 175 cm³/mol. The number of hydrogen-bond donors (Lipinski definition) is 0. The van der Waals surface area contributed by atoms with Crippen LogP contribution in [-0.4, -0.2) is 76.6 Å². The lowest BCUT2D eigenvalue weighted by Crippen LogP contribution is -2.47. The minimum Gasteiger partial charge on any atom is -0.458 e. The van der Waals surface area contributed by atoms with E-state index < -0.39 is 47.7 Å². The average Bonchev–Trinajstić information content (AvgIpc) is 3.62. The van der Waals surface area contributed by atoms with Gasteiger partial charge in [0, 0.05) is 13.2 Å². The van der Waals surface area contributed by atoms with Crippen molar-refractivity contribution in [2.45, 2.75) is 123 Å². The molecule has 2 aromatic rings. The van der Waals surface area contributed by atoms with Gasteiger partial charge in [-0.3, -0.25) is 9.80 Å². The van der Waals surface area contributed by atoms with E-state index in [2.05, 4.69) is 0 Å². The Bertz CT molecular complexity index is 1320. The molecule has 4 atom stereocenters. The zero-order valence-corrected chi connectivity index (χ0v) is 28.9. The van der Waals surface area contributed by atoms with Gasteiger partial charge in [0.25, 0.3) is 0 Å². The first-order chi connectivity index (χ1) is 22.1. The minimum atomic E-state index is -0.683. The van der Waals surface area contributed by atoms with Gasteiger partial charge >= 0.3 is 24.1 Å². The zero-order valence-electron chi connectivity index (χ0n) is 28.9. The van der Waals surface area contributed by atoms with Crippen molar-refractivity contribution in [3.63, 3.8) is 0 Å². The van der Waals surface area contributed by atoms with Crippen LogP contribution >= 0.6 is 0 Å². The number of rotatable bonds is 7. The Morgan fingerprint density at radius 2 is 1.04 bits per heavy atom. The molecule has 2 saturated heterocycles.